The average molecular weight is 256 g/mol. The fourth-order valence-corrected chi connectivity index (χ4v) is 2.47. The van der Waals surface area contributed by atoms with Crippen LogP contribution >= 0.6 is 0 Å². The largest absolute Gasteiger partial charge is 0.480 e. The predicted molar refractivity (Wildman–Crippen MR) is 64.3 cm³/mol. The minimum absolute atomic E-state index is 0.296. The van der Waals surface area contributed by atoms with Gasteiger partial charge in [0.15, 0.2) is 0 Å². The zero-order valence-electron chi connectivity index (χ0n) is 10.7. The Bertz CT molecular complexity index is 322. The summed E-state index contributed by atoms with van der Waals surface area (Å²) in [6.45, 7) is 4.49. The summed E-state index contributed by atoms with van der Waals surface area (Å²) >= 11 is 0. The number of aliphatic carboxylic acids is 1. The highest BCUT2D eigenvalue weighted by Crippen LogP contribution is 2.35. The van der Waals surface area contributed by atoms with E-state index in [4.69, 9.17) is 4.74 Å². The van der Waals surface area contributed by atoms with Crippen molar-refractivity contribution in [1.29, 1.82) is 0 Å². The Labute approximate surface area is 106 Å². The summed E-state index contributed by atoms with van der Waals surface area (Å²) < 4.78 is 4.94. The molecule has 0 aromatic carbocycles. The van der Waals surface area contributed by atoms with Crippen molar-refractivity contribution in [2.45, 2.75) is 25.8 Å². The number of ether oxygens (including phenoxy) is 1. The maximum Gasteiger partial charge on any atom is 0.409 e. The number of rotatable bonds is 4. The van der Waals surface area contributed by atoms with Gasteiger partial charge in [0.25, 0.3) is 0 Å². The van der Waals surface area contributed by atoms with Gasteiger partial charge < -0.3 is 14.7 Å². The standard InChI is InChI=1S/C12H20N2O4/c1-2-18-12(17)14-7-5-13(6-8-14)10(11(15)16)9-3-4-9/h9-10H,2-8H2,1H3,(H,15,16). The lowest BCUT2D eigenvalue weighted by Gasteiger charge is -2.37. The Morgan fingerprint density at radius 3 is 2.33 bits per heavy atom. The van der Waals surface area contributed by atoms with Crippen molar-refractivity contribution in [2.24, 2.45) is 5.92 Å². The molecule has 1 aliphatic heterocycles. The van der Waals surface area contributed by atoms with Gasteiger partial charge in [-0.25, -0.2) is 4.79 Å². The van der Waals surface area contributed by atoms with Crippen LogP contribution in [0.1, 0.15) is 19.8 Å². The summed E-state index contributed by atoms with van der Waals surface area (Å²) in [7, 11) is 0. The fraction of sp³-hybridized carbons (Fsp3) is 0.833. The Morgan fingerprint density at radius 1 is 1.28 bits per heavy atom. The monoisotopic (exact) mass is 256 g/mol. The molecular weight excluding hydrogens is 236 g/mol. The number of carbonyl (C=O) groups excluding carboxylic acids is 1. The minimum atomic E-state index is -0.734. The molecule has 0 spiro atoms. The van der Waals surface area contributed by atoms with Crippen molar-refractivity contribution in [1.82, 2.24) is 9.80 Å². The Balaban J connectivity index is 1.85. The van der Waals surface area contributed by atoms with Crippen molar-refractivity contribution in [3.05, 3.63) is 0 Å². The second kappa shape index (κ2) is 5.56. The number of hydrogen-bond acceptors (Lipinski definition) is 4. The molecule has 2 rings (SSSR count). The van der Waals surface area contributed by atoms with Gasteiger partial charge in [0.1, 0.15) is 6.04 Å². The van der Waals surface area contributed by atoms with E-state index in [2.05, 4.69) is 0 Å². The molecule has 102 valence electrons. The van der Waals surface area contributed by atoms with E-state index in [-0.39, 0.29) is 12.1 Å². The molecule has 1 heterocycles. The van der Waals surface area contributed by atoms with Gasteiger partial charge >= 0.3 is 12.1 Å². The number of carboxylic acid groups (broad SMARTS) is 1. The van der Waals surface area contributed by atoms with Crippen molar-refractivity contribution >= 4 is 12.1 Å². The van der Waals surface area contributed by atoms with E-state index in [0.717, 1.165) is 12.8 Å². The molecule has 0 aromatic heterocycles. The third-order valence-corrected chi connectivity index (χ3v) is 3.56. The molecule has 1 unspecified atom stereocenters. The number of piperazine rings is 1. The Kier molecular flexibility index (Phi) is 4.06. The molecule has 1 aliphatic carbocycles. The van der Waals surface area contributed by atoms with Crippen molar-refractivity contribution < 1.29 is 19.4 Å². The van der Waals surface area contributed by atoms with E-state index in [1.807, 2.05) is 4.90 Å². The molecule has 1 atom stereocenters. The van der Waals surface area contributed by atoms with Crippen LogP contribution in [0.2, 0.25) is 0 Å². The van der Waals surface area contributed by atoms with E-state index in [9.17, 15) is 14.7 Å². The van der Waals surface area contributed by atoms with E-state index < -0.39 is 5.97 Å². The van der Waals surface area contributed by atoms with E-state index in [0.29, 0.717) is 38.7 Å². The number of nitrogens with zero attached hydrogens (tertiary/aromatic N) is 2. The third-order valence-electron chi connectivity index (χ3n) is 3.56. The highest BCUT2D eigenvalue weighted by Gasteiger charge is 2.41. The second-order valence-corrected chi connectivity index (χ2v) is 4.84. The Hall–Kier alpha value is -1.30. The first-order chi connectivity index (χ1) is 8.63. The van der Waals surface area contributed by atoms with Gasteiger partial charge in [-0.3, -0.25) is 9.69 Å². The number of hydrogen-bond donors (Lipinski definition) is 1. The van der Waals surface area contributed by atoms with Gasteiger partial charge in [0.2, 0.25) is 0 Å². The van der Waals surface area contributed by atoms with Crippen LogP contribution in [-0.4, -0.2) is 65.8 Å². The summed E-state index contributed by atoms with van der Waals surface area (Å²) in [5.74, 6) is -0.432. The fourth-order valence-electron chi connectivity index (χ4n) is 2.47. The average Bonchev–Trinajstić information content (AvgIpc) is 3.14. The van der Waals surface area contributed by atoms with E-state index >= 15 is 0 Å². The molecule has 0 radical (unpaired) electrons. The molecule has 1 N–H and O–H groups in total. The number of carboxylic acids is 1. The molecule has 6 heteroatoms. The summed E-state index contributed by atoms with van der Waals surface area (Å²) in [4.78, 5) is 26.4. The van der Waals surface area contributed by atoms with Crippen molar-refractivity contribution in [3.8, 4) is 0 Å². The van der Waals surface area contributed by atoms with Crippen LogP contribution in [-0.2, 0) is 9.53 Å². The molecular formula is C12H20N2O4. The van der Waals surface area contributed by atoms with Gasteiger partial charge in [-0.2, -0.15) is 0 Å². The summed E-state index contributed by atoms with van der Waals surface area (Å²) in [5.41, 5.74) is 0. The maximum atomic E-state index is 11.5. The predicted octanol–water partition coefficient (Wildman–Crippen LogP) is 0.624. The molecule has 1 amide bonds. The van der Waals surface area contributed by atoms with Gasteiger partial charge in [-0.1, -0.05) is 0 Å². The molecule has 0 aromatic rings. The number of carbonyl (C=O) groups is 2. The molecule has 6 nitrogen and oxygen atoms in total. The molecule has 2 aliphatic rings. The summed E-state index contributed by atoms with van der Waals surface area (Å²) in [6, 6.07) is -0.366. The first-order valence-corrected chi connectivity index (χ1v) is 6.52. The van der Waals surface area contributed by atoms with Crippen LogP contribution in [0.15, 0.2) is 0 Å². The van der Waals surface area contributed by atoms with Crippen LogP contribution < -0.4 is 0 Å². The lowest BCUT2D eigenvalue weighted by molar-refractivity contribution is -0.144. The quantitative estimate of drug-likeness (QED) is 0.798. The highest BCUT2D eigenvalue weighted by molar-refractivity contribution is 5.74. The molecule has 18 heavy (non-hydrogen) atoms. The van der Waals surface area contributed by atoms with Gasteiger partial charge in [-0.15, -0.1) is 0 Å². The van der Waals surface area contributed by atoms with Crippen LogP contribution in [0.25, 0.3) is 0 Å². The number of amides is 1. The van der Waals surface area contributed by atoms with Crippen LogP contribution in [0.4, 0.5) is 4.79 Å². The van der Waals surface area contributed by atoms with Gasteiger partial charge in [0, 0.05) is 26.2 Å². The van der Waals surface area contributed by atoms with Crippen molar-refractivity contribution in [3.63, 3.8) is 0 Å². The van der Waals surface area contributed by atoms with Gasteiger partial charge in [0.05, 0.1) is 6.61 Å². The normalized spacial score (nSPS) is 22.6. The van der Waals surface area contributed by atoms with Crippen LogP contribution in [0.3, 0.4) is 0 Å². The maximum absolute atomic E-state index is 11.5. The first kappa shape index (κ1) is 13.1. The molecule has 0 bridgehead atoms. The van der Waals surface area contributed by atoms with Crippen molar-refractivity contribution in [2.75, 3.05) is 32.8 Å². The van der Waals surface area contributed by atoms with E-state index in [1.54, 1.807) is 11.8 Å². The SMILES string of the molecule is CCOC(=O)N1CCN(C(C(=O)O)C2CC2)CC1. The second-order valence-electron chi connectivity index (χ2n) is 4.84. The lowest BCUT2D eigenvalue weighted by Crippen LogP contribution is -2.54. The zero-order valence-corrected chi connectivity index (χ0v) is 10.7. The smallest absolute Gasteiger partial charge is 0.409 e. The minimum Gasteiger partial charge on any atom is -0.480 e. The summed E-state index contributed by atoms with van der Waals surface area (Å²) in [5, 5.41) is 9.25. The zero-order chi connectivity index (χ0) is 13.1. The lowest BCUT2D eigenvalue weighted by atomic mass is 10.1. The third kappa shape index (κ3) is 2.93. The van der Waals surface area contributed by atoms with Crippen LogP contribution in [0.5, 0.6) is 0 Å². The first-order valence-electron chi connectivity index (χ1n) is 6.52. The molecule has 1 saturated heterocycles. The van der Waals surface area contributed by atoms with E-state index in [1.165, 1.54) is 0 Å². The van der Waals surface area contributed by atoms with Gasteiger partial charge in [-0.05, 0) is 25.7 Å². The Morgan fingerprint density at radius 2 is 1.89 bits per heavy atom. The molecule has 1 saturated carbocycles. The highest BCUT2D eigenvalue weighted by atomic mass is 16.6. The molecule has 2 fully saturated rings. The summed E-state index contributed by atoms with van der Waals surface area (Å²) in [6.07, 6.45) is 1.72. The topological polar surface area (TPSA) is 70.1 Å². The van der Waals surface area contributed by atoms with Crippen LogP contribution in [0, 0.1) is 5.92 Å².